The molecule has 0 unspecified atom stereocenters. The van der Waals surface area contributed by atoms with Crippen LogP contribution in [0, 0.1) is 0 Å². The highest BCUT2D eigenvalue weighted by Crippen LogP contribution is 2.30. The number of carbonyl (C=O) groups excluding carboxylic acids is 1. The number of ketones is 1. The van der Waals surface area contributed by atoms with Gasteiger partial charge < -0.3 is 8.94 Å². The molecule has 0 aliphatic heterocycles. The van der Waals surface area contributed by atoms with Crippen molar-refractivity contribution in [1.82, 2.24) is 5.16 Å². The molecule has 0 radical (unpaired) electrons. The van der Waals surface area contributed by atoms with Crippen LogP contribution in [-0.4, -0.2) is 10.9 Å². The van der Waals surface area contributed by atoms with Gasteiger partial charge in [-0.05, 0) is 48.0 Å². The van der Waals surface area contributed by atoms with E-state index in [4.69, 9.17) is 20.5 Å². The van der Waals surface area contributed by atoms with E-state index in [1.807, 2.05) is 66.7 Å². The molecule has 0 fully saturated rings. The molecule has 0 bridgehead atoms. The average Bonchev–Trinajstić information content (AvgIpc) is 3.46. The van der Waals surface area contributed by atoms with Gasteiger partial charge in [0.15, 0.2) is 11.5 Å². The van der Waals surface area contributed by atoms with Gasteiger partial charge in [0.05, 0.1) is 10.4 Å². The van der Waals surface area contributed by atoms with Crippen molar-refractivity contribution in [2.45, 2.75) is 0 Å². The molecule has 2 heterocycles. The highest BCUT2D eigenvalue weighted by Gasteiger charge is 2.13. The molecule has 0 saturated carbocycles. The lowest BCUT2D eigenvalue weighted by atomic mass is 10.1. The van der Waals surface area contributed by atoms with Gasteiger partial charge in [-0.25, -0.2) is 0 Å². The van der Waals surface area contributed by atoms with Gasteiger partial charge in [-0.3, -0.25) is 4.79 Å². The second kappa shape index (κ2) is 8.09. The summed E-state index contributed by atoms with van der Waals surface area (Å²) < 4.78 is 11.3. The van der Waals surface area contributed by atoms with Crippen LogP contribution in [0.15, 0.2) is 99.9 Å². The molecule has 0 spiro atoms. The fraction of sp³-hybridized carbons (Fsp3) is 0. The molecule has 2 aromatic heterocycles. The van der Waals surface area contributed by atoms with Crippen LogP contribution < -0.4 is 0 Å². The predicted molar refractivity (Wildman–Crippen MR) is 122 cm³/mol. The van der Waals surface area contributed by atoms with Crippen molar-refractivity contribution in [2.24, 2.45) is 0 Å². The number of carbonyl (C=O) groups is 1. The third-order valence-corrected chi connectivity index (χ3v) is 5.28. The summed E-state index contributed by atoms with van der Waals surface area (Å²) in [5.41, 5.74) is 3.32. The van der Waals surface area contributed by atoms with Crippen molar-refractivity contribution in [2.75, 3.05) is 0 Å². The molecule has 5 aromatic rings. The first-order chi connectivity index (χ1) is 15.2. The number of hydrogen-bond donors (Lipinski definition) is 0. The zero-order valence-corrected chi connectivity index (χ0v) is 17.0. The summed E-state index contributed by atoms with van der Waals surface area (Å²) in [5.74, 6) is 1.28. The Bertz CT molecular complexity index is 1410. The lowest BCUT2D eigenvalue weighted by molar-refractivity contribution is 0.102. The maximum Gasteiger partial charge on any atom is 0.221 e. The predicted octanol–water partition coefficient (Wildman–Crippen LogP) is 7.30. The Kier molecular flexibility index (Phi) is 4.98. The summed E-state index contributed by atoms with van der Waals surface area (Å²) in [7, 11) is 0. The van der Waals surface area contributed by atoms with Crippen LogP contribution in [0.4, 0.5) is 0 Å². The molecule has 0 aliphatic rings. The second-order valence-electron chi connectivity index (χ2n) is 7.00. The zero-order chi connectivity index (χ0) is 21.2. The number of hydrogen-bond acceptors (Lipinski definition) is 4. The molecule has 31 heavy (non-hydrogen) atoms. The first kappa shape index (κ1) is 19.1. The summed E-state index contributed by atoms with van der Waals surface area (Å²) in [6.07, 6.45) is 3.24. The Morgan fingerprint density at radius 2 is 1.71 bits per heavy atom. The van der Waals surface area contributed by atoms with E-state index in [0.29, 0.717) is 16.5 Å². The highest BCUT2D eigenvalue weighted by atomic mass is 35.5. The minimum absolute atomic E-state index is 0.230. The van der Waals surface area contributed by atoms with Gasteiger partial charge in [0.25, 0.3) is 0 Å². The molecule has 3 aromatic carbocycles. The van der Waals surface area contributed by atoms with E-state index in [9.17, 15) is 4.79 Å². The lowest BCUT2D eigenvalue weighted by Crippen LogP contribution is -1.90. The van der Waals surface area contributed by atoms with Gasteiger partial charge in [0, 0.05) is 11.1 Å². The molecule has 0 aliphatic carbocycles. The first-order valence-electron chi connectivity index (χ1n) is 9.71. The fourth-order valence-corrected chi connectivity index (χ4v) is 3.62. The quantitative estimate of drug-likeness (QED) is 0.219. The first-order valence-corrected chi connectivity index (χ1v) is 10.1. The molecule has 5 heteroatoms. The Labute approximate surface area is 183 Å². The molecule has 4 nitrogen and oxygen atoms in total. The normalized spacial score (nSPS) is 11.4. The molecule has 150 valence electrons. The Morgan fingerprint density at radius 3 is 2.55 bits per heavy atom. The van der Waals surface area contributed by atoms with Crippen molar-refractivity contribution in [3.05, 3.63) is 107 Å². The molecule has 0 N–H and O–H groups in total. The molecule has 0 saturated heterocycles. The number of furan rings is 1. The molecule has 0 amide bonds. The van der Waals surface area contributed by atoms with Crippen LogP contribution >= 0.6 is 11.6 Å². The van der Waals surface area contributed by atoms with Crippen molar-refractivity contribution in [1.29, 1.82) is 0 Å². The number of allylic oxidation sites excluding steroid dienone is 1. The number of rotatable bonds is 5. The lowest BCUT2D eigenvalue weighted by Gasteiger charge is -1.99. The SMILES string of the molecule is O=C(/C=C/c1ccc2noc(-c3ccccc3)c2c1)c1ccc(-c2ccccc2Cl)o1. The standard InChI is InChI=1S/C26H16ClNO3/c27-21-9-5-4-8-19(21)24-14-15-25(30-24)23(29)13-11-17-10-12-22-20(16-17)26(31-28-22)18-6-2-1-3-7-18/h1-16H/b13-11+. The van der Waals surface area contributed by atoms with E-state index >= 15 is 0 Å². The number of aromatic nitrogens is 1. The van der Waals surface area contributed by atoms with Crippen LogP contribution in [-0.2, 0) is 0 Å². The van der Waals surface area contributed by atoms with Crippen LogP contribution in [0.5, 0.6) is 0 Å². The summed E-state index contributed by atoms with van der Waals surface area (Å²) in [4.78, 5) is 12.6. The van der Waals surface area contributed by atoms with Gasteiger partial charge in [0.1, 0.15) is 11.3 Å². The molecular formula is C26H16ClNO3. The monoisotopic (exact) mass is 425 g/mol. The van der Waals surface area contributed by atoms with Crippen molar-refractivity contribution in [3.8, 4) is 22.6 Å². The average molecular weight is 426 g/mol. The summed E-state index contributed by atoms with van der Waals surface area (Å²) >= 11 is 6.21. The number of halogens is 1. The minimum atomic E-state index is -0.230. The maximum absolute atomic E-state index is 12.6. The van der Waals surface area contributed by atoms with Gasteiger partial charge >= 0.3 is 0 Å². The zero-order valence-electron chi connectivity index (χ0n) is 16.3. The van der Waals surface area contributed by atoms with Crippen molar-refractivity contribution < 1.29 is 13.7 Å². The molecule has 5 rings (SSSR count). The van der Waals surface area contributed by atoms with E-state index in [-0.39, 0.29) is 11.5 Å². The molecule has 0 atom stereocenters. The van der Waals surface area contributed by atoms with Gasteiger partial charge in [-0.1, -0.05) is 71.4 Å². The Morgan fingerprint density at radius 1 is 0.903 bits per heavy atom. The second-order valence-corrected chi connectivity index (χ2v) is 7.40. The van der Waals surface area contributed by atoms with E-state index in [1.165, 1.54) is 6.08 Å². The Balaban J connectivity index is 1.40. The van der Waals surface area contributed by atoms with Crippen LogP contribution in [0.3, 0.4) is 0 Å². The third-order valence-electron chi connectivity index (χ3n) is 4.95. The van der Waals surface area contributed by atoms with Crippen LogP contribution in [0.2, 0.25) is 5.02 Å². The number of fused-ring (bicyclic) bond motifs is 1. The summed E-state index contributed by atoms with van der Waals surface area (Å²) in [6.45, 7) is 0. The largest absolute Gasteiger partial charge is 0.453 e. The van der Waals surface area contributed by atoms with Crippen molar-refractivity contribution in [3.63, 3.8) is 0 Å². The van der Waals surface area contributed by atoms with E-state index in [2.05, 4.69) is 5.16 Å². The Hall–Kier alpha value is -3.89. The number of benzene rings is 3. The highest BCUT2D eigenvalue weighted by molar-refractivity contribution is 6.33. The van der Waals surface area contributed by atoms with E-state index in [1.54, 1.807) is 24.3 Å². The third kappa shape index (κ3) is 3.81. The van der Waals surface area contributed by atoms with Crippen molar-refractivity contribution >= 4 is 34.4 Å². The summed E-state index contributed by atoms with van der Waals surface area (Å²) in [6, 6.07) is 26.3. The van der Waals surface area contributed by atoms with Gasteiger partial charge in [-0.2, -0.15) is 0 Å². The molecular weight excluding hydrogens is 410 g/mol. The van der Waals surface area contributed by atoms with Gasteiger partial charge in [0.2, 0.25) is 5.78 Å². The van der Waals surface area contributed by atoms with E-state index in [0.717, 1.165) is 27.6 Å². The van der Waals surface area contributed by atoms with E-state index < -0.39 is 0 Å². The van der Waals surface area contributed by atoms with Crippen LogP contribution in [0.1, 0.15) is 16.1 Å². The van der Waals surface area contributed by atoms with Gasteiger partial charge in [-0.15, -0.1) is 0 Å². The smallest absolute Gasteiger partial charge is 0.221 e. The fourth-order valence-electron chi connectivity index (χ4n) is 3.39. The maximum atomic E-state index is 12.6. The van der Waals surface area contributed by atoms with Crippen LogP contribution in [0.25, 0.3) is 39.6 Å². The summed E-state index contributed by atoms with van der Waals surface area (Å²) in [5, 5.41) is 5.59. The number of nitrogens with zero attached hydrogens (tertiary/aromatic N) is 1. The topological polar surface area (TPSA) is 56.2 Å². The minimum Gasteiger partial charge on any atom is -0.453 e.